The maximum atomic E-state index is 13.1. The smallest absolute Gasteiger partial charge is 0.462 e. The Morgan fingerprint density at radius 1 is 0.296 bits per heavy atom. The Labute approximate surface area is 595 Å². The van der Waals surface area contributed by atoms with E-state index >= 15 is 0 Å². The lowest BCUT2D eigenvalue weighted by Crippen LogP contribution is -2.30. The number of allylic oxidation sites excluding steroid dienone is 14. The molecular formula is C79H140O17P2. The van der Waals surface area contributed by atoms with Gasteiger partial charge >= 0.3 is 39.5 Å². The van der Waals surface area contributed by atoms with Gasteiger partial charge in [-0.2, -0.15) is 0 Å². The SMILES string of the molecule is CCCCC/C=C\C/C=C\C/C=C\C/C=C\CCCC(=O)O[C@H](COC(=O)CCCCCCCCCCCCCCC)COP(=O)(O)OC[C@H](O)COP(=O)(O)OC[C@@H](COC(=O)CCCCCCC/C=C\C=C/CCCCCC)OC(=O)CCCCCCC/C=C\CCCCCC. The summed E-state index contributed by atoms with van der Waals surface area (Å²) < 4.78 is 68.4. The van der Waals surface area contributed by atoms with Crippen molar-refractivity contribution in [1.29, 1.82) is 0 Å². The summed E-state index contributed by atoms with van der Waals surface area (Å²) in [4.78, 5) is 72.8. The fourth-order valence-electron chi connectivity index (χ4n) is 10.4. The molecule has 0 saturated heterocycles. The molecule has 19 heteroatoms. The van der Waals surface area contributed by atoms with Gasteiger partial charge in [-0.3, -0.25) is 37.3 Å². The van der Waals surface area contributed by atoms with Crippen molar-refractivity contribution in [2.45, 2.75) is 354 Å². The average Bonchev–Trinajstić information content (AvgIpc) is 1.02. The van der Waals surface area contributed by atoms with Gasteiger partial charge in [0.25, 0.3) is 0 Å². The molecule has 0 radical (unpaired) electrons. The summed E-state index contributed by atoms with van der Waals surface area (Å²) in [6.45, 7) is 4.75. The van der Waals surface area contributed by atoms with Crippen molar-refractivity contribution in [3.05, 3.63) is 85.1 Å². The average molecular weight is 1420 g/mol. The number of rotatable bonds is 73. The number of carbonyl (C=O) groups is 4. The number of phosphoric ester groups is 2. The minimum absolute atomic E-state index is 0.0216. The second-order valence-corrected chi connectivity index (χ2v) is 28.9. The van der Waals surface area contributed by atoms with E-state index in [4.69, 9.17) is 37.0 Å². The minimum atomic E-state index is -4.98. The summed E-state index contributed by atoms with van der Waals surface area (Å²) in [5, 5.41) is 10.6. The van der Waals surface area contributed by atoms with Crippen LogP contribution in [0.1, 0.15) is 336 Å². The summed E-state index contributed by atoms with van der Waals surface area (Å²) in [5.41, 5.74) is 0. The molecule has 0 heterocycles. The normalized spacial score (nSPS) is 14.4. The summed E-state index contributed by atoms with van der Waals surface area (Å²) in [6, 6.07) is 0. The van der Waals surface area contributed by atoms with Gasteiger partial charge in [0.15, 0.2) is 12.2 Å². The Kier molecular flexibility index (Phi) is 68.9. The van der Waals surface area contributed by atoms with Crippen LogP contribution in [0.15, 0.2) is 85.1 Å². The molecule has 3 N–H and O–H groups in total. The van der Waals surface area contributed by atoms with E-state index in [1.807, 2.05) is 12.2 Å². The molecule has 0 bridgehead atoms. The van der Waals surface area contributed by atoms with E-state index in [0.717, 1.165) is 122 Å². The number of aliphatic hydroxyl groups excluding tert-OH is 1. The Morgan fingerprint density at radius 3 is 0.908 bits per heavy atom. The molecule has 0 aromatic rings. The highest BCUT2D eigenvalue weighted by Gasteiger charge is 2.30. The Hall–Kier alpha value is -3.76. The molecule has 0 aromatic heterocycles. The van der Waals surface area contributed by atoms with Gasteiger partial charge in [-0.05, 0) is 116 Å². The molecule has 2 unspecified atom stereocenters. The summed E-state index contributed by atoms with van der Waals surface area (Å²) >= 11 is 0. The minimum Gasteiger partial charge on any atom is -0.462 e. The molecule has 0 amide bonds. The van der Waals surface area contributed by atoms with Crippen molar-refractivity contribution in [2.75, 3.05) is 39.6 Å². The second kappa shape index (κ2) is 71.6. The molecular weight excluding hydrogens is 1280 g/mol. The van der Waals surface area contributed by atoms with Gasteiger partial charge in [-0.1, -0.05) is 280 Å². The number of hydrogen-bond acceptors (Lipinski definition) is 15. The van der Waals surface area contributed by atoms with Gasteiger partial charge in [0, 0.05) is 25.7 Å². The molecule has 0 aliphatic carbocycles. The highest BCUT2D eigenvalue weighted by atomic mass is 31.2. The van der Waals surface area contributed by atoms with Crippen molar-refractivity contribution in [3.8, 4) is 0 Å². The van der Waals surface area contributed by atoms with Crippen molar-refractivity contribution in [1.82, 2.24) is 0 Å². The number of phosphoric acid groups is 2. The van der Waals surface area contributed by atoms with Gasteiger partial charge in [0.2, 0.25) is 0 Å². The number of hydrogen-bond donors (Lipinski definition) is 3. The Bertz CT molecular complexity index is 2190. The third-order valence-corrected chi connectivity index (χ3v) is 18.3. The number of esters is 4. The van der Waals surface area contributed by atoms with E-state index in [-0.39, 0.29) is 25.7 Å². The lowest BCUT2D eigenvalue weighted by Gasteiger charge is -2.21. The van der Waals surface area contributed by atoms with Crippen LogP contribution in [-0.4, -0.2) is 96.7 Å². The summed E-state index contributed by atoms with van der Waals surface area (Å²) in [6.07, 6.45) is 72.9. The maximum absolute atomic E-state index is 13.1. The van der Waals surface area contributed by atoms with Crippen LogP contribution >= 0.6 is 15.6 Å². The zero-order valence-corrected chi connectivity index (χ0v) is 63.7. The largest absolute Gasteiger partial charge is 0.472 e. The number of ether oxygens (including phenoxy) is 4. The fraction of sp³-hybridized carbons (Fsp3) is 0.772. The molecule has 0 spiro atoms. The molecule has 0 saturated carbocycles. The standard InChI is InChI=1S/C79H140O17P2/c1-5-9-13-17-21-25-29-33-35-36-38-42-46-50-54-58-62-66-79(84)96-75(69-89-76(81)63-59-55-51-47-43-39-31-27-23-19-15-11-7-3)72-94-98(87,88)92-68-73(80)67-91-97(85,86)93-71-74(95-78(83)65-61-57-53-49-45-40-32-28-24-20-16-12-8-4)70-90-77(82)64-60-56-52-48-44-41-37-34-30-26-22-18-14-10-6-2/h21,25-26,28,30,32-35,37-38,42,50,54,73-75,80H,5-20,22-24,27,29,31,36,39-41,43-49,51-53,55-72H2,1-4H3,(H,85,86)(H,87,88)/b25-21-,30-26-,32-28-,35-33-,37-34-,42-38-,54-50-/t73-,74-,75-/m1/s1. The predicted octanol–water partition coefficient (Wildman–Crippen LogP) is 22.2. The zero-order valence-electron chi connectivity index (χ0n) is 62.0. The van der Waals surface area contributed by atoms with Gasteiger partial charge in [-0.15, -0.1) is 0 Å². The highest BCUT2D eigenvalue weighted by Crippen LogP contribution is 2.45. The third kappa shape index (κ3) is 70.7. The first kappa shape index (κ1) is 94.2. The number of aliphatic hydroxyl groups is 1. The van der Waals surface area contributed by atoms with E-state index in [0.29, 0.717) is 32.1 Å². The molecule has 0 aromatic carbocycles. The van der Waals surface area contributed by atoms with Crippen LogP contribution in [-0.2, 0) is 65.4 Å². The van der Waals surface area contributed by atoms with Crippen LogP contribution in [0.3, 0.4) is 0 Å². The van der Waals surface area contributed by atoms with E-state index in [2.05, 4.69) is 101 Å². The molecule has 0 aliphatic rings. The molecule has 0 rings (SSSR count). The van der Waals surface area contributed by atoms with Gasteiger partial charge in [0.05, 0.1) is 26.4 Å². The van der Waals surface area contributed by atoms with Crippen LogP contribution in [0.5, 0.6) is 0 Å². The van der Waals surface area contributed by atoms with Gasteiger partial charge < -0.3 is 33.8 Å². The molecule has 0 aliphatic heterocycles. The number of unbranched alkanes of at least 4 members (excludes halogenated alkanes) is 34. The molecule has 0 fully saturated rings. The van der Waals surface area contributed by atoms with Crippen LogP contribution in [0, 0.1) is 0 Å². The van der Waals surface area contributed by atoms with Crippen LogP contribution in [0.4, 0.5) is 0 Å². The maximum Gasteiger partial charge on any atom is 0.472 e. The van der Waals surface area contributed by atoms with E-state index in [9.17, 15) is 43.2 Å². The first-order chi connectivity index (χ1) is 47.7. The van der Waals surface area contributed by atoms with E-state index in [1.54, 1.807) is 0 Å². The summed E-state index contributed by atoms with van der Waals surface area (Å²) in [5.74, 6) is -2.25. The lowest BCUT2D eigenvalue weighted by atomic mass is 10.0. The monoisotopic (exact) mass is 1420 g/mol. The summed E-state index contributed by atoms with van der Waals surface area (Å²) in [7, 11) is -9.96. The molecule has 5 atom stereocenters. The van der Waals surface area contributed by atoms with Gasteiger partial charge in [0.1, 0.15) is 19.3 Å². The Morgan fingerprint density at radius 2 is 0.541 bits per heavy atom. The lowest BCUT2D eigenvalue weighted by molar-refractivity contribution is -0.161. The van der Waals surface area contributed by atoms with Gasteiger partial charge in [-0.25, -0.2) is 9.13 Å². The second-order valence-electron chi connectivity index (χ2n) is 26.0. The quantitative estimate of drug-likeness (QED) is 0.0128. The van der Waals surface area contributed by atoms with Crippen LogP contribution < -0.4 is 0 Å². The fourth-order valence-corrected chi connectivity index (χ4v) is 12.0. The van der Waals surface area contributed by atoms with Crippen molar-refractivity contribution in [3.63, 3.8) is 0 Å². The number of carbonyl (C=O) groups excluding carboxylic acids is 4. The Balaban J connectivity index is 5.39. The van der Waals surface area contributed by atoms with Crippen LogP contribution in [0.25, 0.3) is 0 Å². The predicted molar refractivity (Wildman–Crippen MR) is 399 cm³/mol. The zero-order chi connectivity index (χ0) is 71.8. The molecule has 568 valence electrons. The molecule has 98 heavy (non-hydrogen) atoms. The first-order valence-electron chi connectivity index (χ1n) is 38.8. The molecule has 17 nitrogen and oxygen atoms in total. The highest BCUT2D eigenvalue weighted by molar-refractivity contribution is 7.47. The first-order valence-corrected chi connectivity index (χ1v) is 41.8. The third-order valence-electron chi connectivity index (χ3n) is 16.4. The van der Waals surface area contributed by atoms with Crippen molar-refractivity contribution < 1.29 is 80.2 Å². The van der Waals surface area contributed by atoms with Crippen LogP contribution in [0.2, 0.25) is 0 Å². The van der Waals surface area contributed by atoms with Crippen molar-refractivity contribution in [2.24, 2.45) is 0 Å². The van der Waals surface area contributed by atoms with E-state index < -0.39 is 97.5 Å². The van der Waals surface area contributed by atoms with Crippen molar-refractivity contribution >= 4 is 39.5 Å². The topological polar surface area (TPSA) is 237 Å². The van der Waals surface area contributed by atoms with E-state index in [1.165, 1.54) is 128 Å².